The van der Waals surface area contributed by atoms with E-state index in [1.165, 1.54) is 0 Å². The highest BCUT2D eigenvalue weighted by atomic mass is 16.2. The highest BCUT2D eigenvalue weighted by Crippen LogP contribution is 2.16. The fourth-order valence-corrected chi connectivity index (χ4v) is 2.72. The largest absolute Gasteiger partial charge is 0.348 e. The summed E-state index contributed by atoms with van der Waals surface area (Å²) in [5, 5.41) is 5.73. The number of rotatable bonds is 5. The first-order valence-electron chi connectivity index (χ1n) is 8.10. The number of carbonyl (C=O) groups excluding carboxylic acids is 2. The van der Waals surface area contributed by atoms with E-state index < -0.39 is 0 Å². The first-order valence-corrected chi connectivity index (χ1v) is 8.10. The number of nitrogens with zero attached hydrogens (tertiary/aromatic N) is 2. The van der Waals surface area contributed by atoms with Crippen molar-refractivity contribution < 1.29 is 9.59 Å². The van der Waals surface area contributed by atoms with E-state index in [0.717, 1.165) is 31.5 Å². The third-order valence-electron chi connectivity index (χ3n) is 4.12. The summed E-state index contributed by atoms with van der Waals surface area (Å²) >= 11 is 0. The molecular formula is C17H26N4O2. The van der Waals surface area contributed by atoms with Crippen LogP contribution in [0.2, 0.25) is 0 Å². The fourth-order valence-electron chi connectivity index (χ4n) is 2.72. The van der Waals surface area contributed by atoms with Gasteiger partial charge in [-0.15, -0.1) is 0 Å². The third-order valence-corrected chi connectivity index (χ3v) is 4.12. The van der Waals surface area contributed by atoms with Gasteiger partial charge in [0.25, 0.3) is 0 Å². The van der Waals surface area contributed by atoms with Gasteiger partial charge in [0.15, 0.2) is 0 Å². The molecule has 3 amide bonds. The van der Waals surface area contributed by atoms with Crippen molar-refractivity contribution in [1.82, 2.24) is 15.1 Å². The highest BCUT2D eigenvalue weighted by Gasteiger charge is 2.25. The Morgan fingerprint density at radius 3 is 2.65 bits per heavy atom. The molecule has 6 heteroatoms. The number of para-hydroxylation sites is 1. The van der Waals surface area contributed by atoms with Gasteiger partial charge in [-0.1, -0.05) is 24.6 Å². The van der Waals surface area contributed by atoms with Crippen LogP contribution in [0.3, 0.4) is 0 Å². The van der Waals surface area contributed by atoms with Crippen LogP contribution in [0.15, 0.2) is 30.3 Å². The maximum atomic E-state index is 12.0. The van der Waals surface area contributed by atoms with Crippen LogP contribution in [-0.2, 0) is 4.79 Å². The van der Waals surface area contributed by atoms with Crippen molar-refractivity contribution in [2.75, 3.05) is 39.0 Å². The van der Waals surface area contributed by atoms with E-state index in [2.05, 4.69) is 15.5 Å². The Labute approximate surface area is 137 Å². The number of hydrogen-bond donors (Lipinski definition) is 2. The van der Waals surface area contributed by atoms with E-state index in [4.69, 9.17) is 0 Å². The molecule has 0 aromatic heterocycles. The number of piperidine rings is 1. The van der Waals surface area contributed by atoms with Crippen LogP contribution in [0.1, 0.15) is 19.3 Å². The van der Waals surface area contributed by atoms with Crippen molar-refractivity contribution in [3.63, 3.8) is 0 Å². The topological polar surface area (TPSA) is 64.7 Å². The molecular weight excluding hydrogens is 292 g/mol. The van der Waals surface area contributed by atoms with Crippen molar-refractivity contribution in [1.29, 1.82) is 0 Å². The monoisotopic (exact) mass is 318 g/mol. The summed E-state index contributed by atoms with van der Waals surface area (Å²) in [5.41, 5.74) is 0.772. The first-order chi connectivity index (χ1) is 11.1. The van der Waals surface area contributed by atoms with Gasteiger partial charge >= 0.3 is 6.03 Å². The predicted molar refractivity (Wildman–Crippen MR) is 91.4 cm³/mol. The Morgan fingerprint density at radius 2 is 1.96 bits per heavy atom. The zero-order chi connectivity index (χ0) is 16.7. The second-order valence-electron chi connectivity index (χ2n) is 6.11. The number of nitrogens with one attached hydrogen (secondary N) is 2. The predicted octanol–water partition coefficient (Wildman–Crippen LogP) is 1.75. The second kappa shape index (κ2) is 8.53. The van der Waals surface area contributed by atoms with Crippen LogP contribution in [0.25, 0.3) is 0 Å². The average Bonchev–Trinajstić information content (AvgIpc) is 2.55. The van der Waals surface area contributed by atoms with Gasteiger partial charge in [-0.25, -0.2) is 4.79 Å². The number of carbonyl (C=O) groups is 2. The van der Waals surface area contributed by atoms with Crippen LogP contribution in [-0.4, -0.2) is 61.5 Å². The molecule has 2 N–H and O–H groups in total. The Hall–Kier alpha value is -2.08. The van der Waals surface area contributed by atoms with Crippen molar-refractivity contribution in [2.45, 2.75) is 25.3 Å². The lowest BCUT2D eigenvalue weighted by molar-refractivity contribution is -0.130. The summed E-state index contributed by atoms with van der Waals surface area (Å²) in [6, 6.07) is 9.38. The summed E-state index contributed by atoms with van der Waals surface area (Å²) in [6.07, 6.45) is 3.25. The highest BCUT2D eigenvalue weighted by molar-refractivity contribution is 5.89. The number of benzene rings is 1. The minimum absolute atomic E-state index is 0.102. The molecule has 1 fully saturated rings. The number of urea groups is 1. The second-order valence-corrected chi connectivity index (χ2v) is 6.11. The zero-order valence-electron chi connectivity index (χ0n) is 13.9. The molecule has 23 heavy (non-hydrogen) atoms. The molecule has 1 heterocycles. The smallest absolute Gasteiger partial charge is 0.319 e. The van der Waals surface area contributed by atoms with Crippen LogP contribution in [0, 0.1) is 0 Å². The quantitative estimate of drug-likeness (QED) is 0.869. The number of hydrogen-bond acceptors (Lipinski definition) is 3. The van der Waals surface area contributed by atoms with Crippen molar-refractivity contribution in [2.24, 2.45) is 0 Å². The minimum atomic E-state index is -0.208. The Kier molecular flexibility index (Phi) is 6.40. The third kappa shape index (κ3) is 5.56. The summed E-state index contributed by atoms with van der Waals surface area (Å²) in [5.74, 6) is 0.102. The molecule has 1 atom stereocenters. The summed E-state index contributed by atoms with van der Waals surface area (Å²) in [4.78, 5) is 27.7. The molecule has 126 valence electrons. The molecule has 1 aromatic carbocycles. The molecule has 6 nitrogen and oxygen atoms in total. The van der Waals surface area contributed by atoms with E-state index >= 15 is 0 Å². The van der Waals surface area contributed by atoms with E-state index in [1.807, 2.05) is 30.3 Å². The fraction of sp³-hybridized carbons (Fsp3) is 0.529. The Bertz CT molecular complexity index is 519. The standard InChI is InChI=1S/C17H26N4O2/c1-20(2)16(22)13-21-11-7-6-10-15(21)12-18-17(23)19-14-8-4-3-5-9-14/h3-5,8-9,15H,6-7,10-13H2,1-2H3,(H2,18,19,23). The normalized spacial score (nSPS) is 18.3. The molecule has 0 bridgehead atoms. The lowest BCUT2D eigenvalue weighted by Crippen LogP contribution is -2.50. The molecule has 0 aliphatic carbocycles. The van der Waals surface area contributed by atoms with Crippen molar-refractivity contribution >= 4 is 17.6 Å². The van der Waals surface area contributed by atoms with Gasteiger partial charge in [-0.2, -0.15) is 0 Å². The van der Waals surface area contributed by atoms with E-state index in [9.17, 15) is 9.59 Å². The summed E-state index contributed by atoms with van der Waals surface area (Å²) in [6.45, 7) is 1.88. The van der Waals surface area contributed by atoms with E-state index in [-0.39, 0.29) is 18.0 Å². The molecule has 1 unspecified atom stereocenters. The number of likely N-dealkylation sites (N-methyl/N-ethyl adjacent to an activating group) is 1. The van der Waals surface area contributed by atoms with E-state index in [0.29, 0.717) is 13.1 Å². The van der Waals surface area contributed by atoms with Gasteiger partial charge in [0.05, 0.1) is 6.54 Å². The Balaban J connectivity index is 1.82. The SMILES string of the molecule is CN(C)C(=O)CN1CCCCC1CNC(=O)Nc1ccccc1. The first kappa shape index (κ1) is 17.3. The molecule has 1 aliphatic rings. The summed E-state index contributed by atoms with van der Waals surface area (Å²) < 4.78 is 0. The number of likely N-dealkylation sites (tertiary alicyclic amines) is 1. The molecule has 0 saturated carbocycles. The van der Waals surface area contributed by atoms with Gasteiger partial charge in [0.2, 0.25) is 5.91 Å². The number of amides is 3. The molecule has 1 aromatic rings. The molecule has 0 radical (unpaired) electrons. The van der Waals surface area contributed by atoms with Gasteiger partial charge in [-0.05, 0) is 31.5 Å². The molecule has 1 aliphatic heterocycles. The van der Waals surface area contributed by atoms with Gasteiger partial charge in [-0.3, -0.25) is 9.69 Å². The van der Waals surface area contributed by atoms with Gasteiger partial charge in [0, 0.05) is 32.4 Å². The van der Waals surface area contributed by atoms with Gasteiger partial charge < -0.3 is 15.5 Å². The molecule has 0 spiro atoms. The Morgan fingerprint density at radius 1 is 1.22 bits per heavy atom. The maximum Gasteiger partial charge on any atom is 0.319 e. The molecule has 2 rings (SSSR count). The average molecular weight is 318 g/mol. The van der Waals surface area contributed by atoms with E-state index in [1.54, 1.807) is 19.0 Å². The maximum absolute atomic E-state index is 12.0. The number of anilines is 1. The summed E-state index contributed by atoms with van der Waals surface area (Å²) in [7, 11) is 3.54. The van der Waals surface area contributed by atoms with Crippen LogP contribution >= 0.6 is 0 Å². The van der Waals surface area contributed by atoms with Crippen LogP contribution < -0.4 is 10.6 Å². The van der Waals surface area contributed by atoms with Crippen molar-refractivity contribution in [3.8, 4) is 0 Å². The van der Waals surface area contributed by atoms with Crippen LogP contribution in [0.5, 0.6) is 0 Å². The minimum Gasteiger partial charge on any atom is -0.348 e. The lowest BCUT2D eigenvalue weighted by Gasteiger charge is -2.35. The van der Waals surface area contributed by atoms with Gasteiger partial charge in [0.1, 0.15) is 0 Å². The van der Waals surface area contributed by atoms with Crippen LogP contribution in [0.4, 0.5) is 10.5 Å². The van der Waals surface area contributed by atoms with Crippen molar-refractivity contribution in [3.05, 3.63) is 30.3 Å². The lowest BCUT2D eigenvalue weighted by atomic mass is 10.0. The molecule has 1 saturated heterocycles. The zero-order valence-corrected chi connectivity index (χ0v) is 13.9.